The number of carbonyl (C=O) groups is 2. The van der Waals surface area contributed by atoms with Crippen molar-refractivity contribution in [2.24, 2.45) is 0 Å². The lowest BCUT2D eigenvalue weighted by Crippen LogP contribution is -2.55. The molecule has 0 spiro atoms. The molecule has 26 heavy (non-hydrogen) atoms. The lowest BCUT2D eigenvalue weighted by molar-refractivity contribution is -0.136. The number of benzene rings is 1. The summed E-state index contributed by atoms with van der Waals surface area (Å²) in [7, 11) is 29.0. The fourth-order valence-electron chi connectivity index (χ4n) is 3.01. The first kappa shape index (κ1) is 18.4. The molecule has 3 N–H and O–H groups in total. The van der Waals surface area contributed by atoms with Gasteiger partial charge in [0.25, 0.3) is 5.56 Å². The molecule has 2 aromatic rings. The molecule has 2 atom stereocenters. The van der Waals surface area contributed by atoms with Crippen LogP contribution in [-0.4, -0.2) is 60.6 Å². The largest absolute Gasteiger partial charge is 0.399 e. The fourth-order valence-corrected chi connectivity index (χ4v) is 3.01. The fraction of sp³-hybridized carbons (Fsp3) is 0.286. The Morgan fingerprint density at radius 2 is 1.88 bits per heavy atom. The molecule has 1 aliphatic rings. The van der Waals surface area contributed by atoms with Crippen molar-refractivity contribution in [3.63, 3.8) is 0 Å². The maximum atomic E-state index is 13.1. The highest BCUT2D eigenvalue weighted by molar-refractivity contribution is 6.56. The second-order valence-electron chi connectivity index (χ2n) is 6.24. The molecule has 2 heterocycles. The number of aromatic nitrogens is 2. The Hall–Kier alpha value is -2.38. The van der Waals surface area contributed by atoms with Gasteiger partial charge in [-0.1, -0.05) is 10.9 Å². The van der Waals surface area contributed by atoms with Gasteiger partial charge in [0.1, 0.15) is 27.6 Å². The molecular formula is C14H9B5N4O3. The number of imide groups is 1. The van der Waals surface area contributed by atoms with Crippen LogP contribution in [0.2, 0.25) is 11.0 Å². The maximum absolute atomic E-state index is 13.1. The van der Waals surface area contributed by atoms with E-state index in [2.05, 4.69) is 4.98 Å². The van der Waals surface area contributed by atoms with E-state index < -0.39 is 34.4 Å². The monoisotopic (exact) mass is 336 g/mol. The van der Waals surface area contributed by atoms with E-state index in [0.29, 0.717) is 0 Å². The number of nitrogen functional groups attached to an aromatic ring is 1. The van der Waals surface area contributed by atoms with E-state index in [1.165, 1.54) is 13.0 Å². The minimum atomic E-state index is -2.06. The van der Waals surface area contributed by atoms with E-state index in [-0.39, 0.29) is 33.3 Å². The third-order valence-electron chi connectivity index (χ3n) is 4.55. The van der Waals surface area contributed by atoms with Gasteiger partial charge in [-0.05, 0) is 24.0 Å². The third kappa shape index (κ3) is 2.42. The van der Waals surface area contributed by atoms with E-state index in [1.807, 2.05) is 5.32 Å². The van der Waals surface area contributed by atoms with Crippen LogP contribution in [0.15, 0.2) is 10.9 Å². The van der Waals surface area contributed by atoms with Gasteiger partial charge in [-0.15, -0.1) is 0 Å². The van der Waals surface area contributed by atoms with Crippen molar-refractivity contribution < 1.29 is 9.59 Å². The minimum absolute atomic E-state index is 0.0198. The van der Waals surface area contributed by atoms with Crippen LogP contribution < -0.4 is 27.5 Å². The Kier molecular flexibility index (Phi) is 4.12. The Bertz CT molecular complexity index is 1040. The molecule has 0 saturated carbocycles. The van der Waals surface area contributed by atoms with Crippen molar-refractivity contribution in [2.45, 2.75) is 24.0 Å². The van der Waals surface area contributed by atoms with Crippen LogP contribution in [0.25, 0.3) is 10.9 Å². The number of piperidine rings is 1. The molecule has 10 radical (unpaired) electrons. The molecule has 1 fully saturated rings. The van der Waals surface area contributed by atoms with Crippen molar-refractivity contribution in [3.8, 4) is 0 Å². The molecule has 118 valence electrons. The van der Waals surface area contributed by atoms with Gasteiger partial charge in [0.2, 0.25) is 11.8 Å². The number of fused-ring (bicyclic) bond motifs is 1. The molecule has 1 aliphatic heterocycles. The standard InChI is InChI=1S/C14H9B5N4O3/c1-3-21-5-2-4(15)7(16)8(20)6(5)12(25)23(3)9-10(17)14(18,19)13(26)22-11(9)24/h2,9-10H,20H2,1H3,(H,22,24,26). The average Bonchev–Trinajstić information content (AvgIpc) is 2.54. The molecule has 2 unspecified atom stereocenters. The summed E-state index contributed by atoms with van der Waals surface area (Å²) in [5.41, 5.74) is 5.56. The number of nitrogens with two attached hydrogens (primary N) is 1. The summed E-state index contributed by atoms with van der Waals surface area (Å²) in [6.07, 6.45) is 0. The van der Waals surface area contributed by atoms with Crippen LogP contribution in [0.1, 0.15) is 11.9 Å². The summed E-state index contributed by atoms with van der Waals surface area (Å²) in [6.45, 7) is 1.48. The number of rotatable bonds is 1. The Labute approximate surface area is 155 Å². The van der Waals surface area contributed by atoms with Crippen LogP contribution >= 0.6 is 0 Å². The summed E-state index contributed by atoms with van der Waals surface area (Å²) < 4.78 is 0.995. The summed E-state index contributed by atoms with van der Waals surface area (Å²) in [5, 5.41) is -0.0784. The Morgan fingerprint density at radius 3 is 2.50 bits per heavy atom. The number of nitrogens with one attached hydrogen (secondary N) is 1. The number of hydrogen-bond donors (Lipinski definition) is 2. The van der Waals surface area contributed by atoms with E-state index >= 15 is 0 Å². The summed E-state index contributed by atoms with van der Waals surface area (Å²) in [6, 6.07) is 0.0330. The van der Waals surface area contributed by atoms with Gasteiger partial charge in [-0.25, -0.2) is 4.98 Å². The first-order valence-electron chi connectivity index (χ1n) is 7.53. The molecular weight excluding hydrogens is 326 g/mol. The van der Waals surface area contributed by atoms with Gasteiger partial charge in [0, 0.05) is 5.69 Å². The Morgan fingerprint density at radius 1 is 1.27 bits per heavy atom. The van der Waals surface area contributed by atoms with Crippen LogP contribution in [0, 0.1) is 6.92 Å². The van der Waals surface area contributed by atoms with Crippen LogP contribution in [0.3, 0.4) is 0 Å². The first-order chi connectivity index (χ1) is 12.0. The SMILES string of the molecule is [B]c1cc2nc(C)n(C3C(=O)NC(=O)C([B])([B])C3[B])c(=O)c2c(N)c1[B]. The second kappa shape index (κ2) is 5.82. The number of anilines is 1. The zero-order valence-corrected chi connectivity index (χ0v) is 13.8. The van der Waals surface area contributed by atoms with Gasteiger partial charge in [0.15, 0.2) is 0 Å². The van der Waals surface area contributed by atoms with Crippen molar-refractivity contribution >= 4 is 78.6 Å². The molecule has 12 heteroatoms. The molecule has 1 aromatic carbocycles. The van der Waals surface area contributed by atoms with Crippen molar-refractivity contribution in [2.75, 3.05) is 5.73 Å². The topological polar surface area (TPSA) is 107 Å². The van der Waals surface area contributed by atoms with Gasteiger partial charge in [-0.3, -0.25) is 24.3 Å². The molecule has 0 aliphatic carbocycles. The predicted molar refractivity (Wildman–Crippen MR) is 102 cm³/mol. The molecule has 3 rings (SSSR count). The maximum Gasteiger partial charge on any atom is 0.264 e. The lowest BCUT2D eigenvalue weighted by Gasteiger charge is -2.42. The first-order valence-corrected chi connectivity index (χ1v) is 7.53. The number of aryl methyl sites for hydroxylation is 1. The summed E-state index contributed by atoms with van der Waals surface area (Å²) >= 11 is 0. The second-order valence-corrected chi connectivity index (χ2v) is 6.24. The van der Waals surface area contributed by atoms with Crippen LogP contribution in [0.4, 0.5) is 5.69 Å². The number of hydrogen-bond acceptors (Lipinski definition) is 5. The van der Waals surface area contributed by atoms with Crippen LogP contribution in [-0.2, 0) is 9.59 Å². The third-order valence-corrected chi connectivity index (χ3v) is 4.55. The molecule has 1 saturated heterocycles. The number of carbonyl (C=O) groups excluding carboxylic acids is 2. The van der Waals surface area contributed by atoms with Crippen molar-refractivity contribution in [3.05, 3.63) is 22.2 Å². The lowest BCUT2D eigenvalue weighted by atomic mass is 9.40. The average molecular weight is 335 g/mol. The number of nitrogens with zero attached hydrogens (tertiary/aromatic N) is 2. The van der Waals surface area contributed by atoms with Gasteiger partial charge >= 0.3 is 0 Å². The van der Waals surface area contributed by atoms with Gasteiger partial charge < -0.3 is 5.73 Å². The smallest absolute Gasteiger partial charge is 0.264 e. The van der Waals surface area contributed by atoms with E-state index in [0.717, 1.165) is 4.57 Å². The van der Waals surface area contributed by atoms with Gasteiger partial charge in [0.05, 0.1) is 34.4 Å². The quantitative estimate of drug-likeness (QED) is 0.319. The molecule has 2 amide bonds. The highest BCUT2D eigenvalue weighted by Gasteiger charge is 2.47. The highest BCUT2D eigenvalue weighted by Crippen LogP contribution is 2.42. The van der Waals surface area contributed by atoms with Crippen LogP contribution in [0.5, 0.6) is 0 Å². The highest BCUT2D eigenvalue weighted by atomic mass is 16.2. The van der Waals surface area contributed by atoms with E-state index in [1.54, 1.807) is 0 Å². The number of amides is 2. The molecule has 1 aromatic heterocycles. The van der Waals surface area contributed by atoms with Gasteiger partial charge in [-0.2, -0.15) is 0 Å². The van der Waals surface area contributed by atoms with E-state index in [4.69, 9.17) is 45.0 Å². The molecule has 7 nitrogen and oxygen atoms in total. The summed E-state index contributed by atoms with van der Waals surface area (Å²) in [5.74, 6) is -3.02. The van der Waals surface area contributed by atoms with E-state index in [9.17, 15) is 14.4 Å². The predicted octanol–water partition coefficient (Wildman–Crippen LogP) is -3.52. The Balaban J connectivity index is 2.34. The molecule has 0 bridgehead atoms. The minimum Gasteiger partial charge on any atom is -0.399 e. The van der Waals surface area contributed by atoms with Crippen molar-refractivity contribution in [1.82, 2.24) is 14.9 Å². The normalized spacial score (nSPS) is 22.3. The summed E-state index contributed by atoms with van der Waals surface area (Å²) in [4.78, 5) is 41.5. The van der Waals surface area contributed by atoms with Crippen molar-refractivity contribution in [1.29, 1.82) is 0 Å². The zero-order chi connectivity index (χ0) is 19.5. The zero-order valence-electron chi connectivity index (χ0n) is 13.8.